The molecule has 0 aliphatic carbocycles. The summed E-state index contributed by atoms with van der Waals surface area (Å²) < 4.78 is 27.1. The zero-order valence-electron chi connectivity index (χ0n) is 9.74. The number of fused-ring (bicyclic) bond motifs is 1. The van der Waals surface area contributed by atoms with Gasteiger partial charge in [-0.15, -0.1) is 0 Å². The molecule has 0 saturated carbocycles. The summed E-state index contributed by atoms with van der Waals surface area (Å²) in [4.78, 5) is 0. The molecule has 0 fully saturated rings. The third kappa shape index (κ3) is 1.97. The molecule has 4 N–H and O–H groups in total. The molecular formula is C13H10F2N4. The summed E-state index contributed by atoms with van der Waals surface area (Å²) in [5.41, 5.74) is 7.15. The van der Waals surface area contributed by atoms with Crippen LogP contribution < -0.4 is 11.1 Å². The van der Waals surface area contributed by atoms with Gasteiger partial charge in [-0.2, -0.15) is 5.10 Å². The third-order valence-electron chi connectivity index (χ3n) is 2.83. The van der Waals surface area contributed by atoms with Crippen molar-refractivity contribution in [1.29, 1.82) is 0 Å². The number of para-hydroxylation sites is 1. The fraction of sp³-hybridized carbons (Fsp3) is 0. The largest absolute Gasteiger partial charge is 0.397 e. The van der Waals surface area contributed by atoms with E-state index in [1.165, 1.54) is 18.2 Å². The predicted molar refractivity (Wildman–Crippen MR) is 70.1 cm³/mol. The first-order valence-electron chi connectivity index (χ1n) is 5.59. The van der Waals surface area contributed by atoms with Crippen LogP contribution in [0.1, 0.15) is 0 Å². The molecule has 96 valence electrons. The van der Waals surface area contributed by atoms with Crippen molar-refractivity contribution in [1.82, 2.24) is 10.2 Å². The molecule has 0 spiro atoms. The number of aromatic amines is 1. The van der Waals surface area contributed by atoms with E-state index in [0.29, 0.717) is 11.4 Å². The number of hydrogen-bond acceptors (Lipinski definition) is 3. The van der Waals surface area contributed by atoms with Gasteiger partial charge in [0, 0.05) is 5.39 Å². The molecule has 1 aromatic heterocycles. The Morgan fingerprint density at radius 2 is 1.89 bits per heavy atom. The first-order valence-corrected chi connectivity index (χ1v) is 5.59. The molecule has 0 aliphatic rings. The number of anilines is 3. The summed E-state index contributed by atoms with van der Waals surface area (Å²) in [7, 11) is 0. The van der Waals surface area contributed by atoms with Crippen LogP contribution in [-0.2, 0) is 0 Å². The Morgan fingerprint density at radius 1 is 1.16 bits per heavy atom. The molecule has 3 rings (SSSR count). The van der Waals surface area contributed by atoms with Crippen LogP contribution in [0.3, 0.4) is 0 Å². The Bertz CT molecular complexity index is 731. The Morgan fingerprint density at radius 3 is 2.63 bits per heavy atom. The van der Waals surface area contributed by atoms with E-state index in [4.69, 9.17) is 5.73 Å². The van der Waals surface area contributed by atoms with E-state index in [2.05, 4.69) is 15.5 Å². The summed E-state index contributed by atoms with van der Waals surface area (Å²) >= 11 is 0. The highest BCUT2D eigenvalue weighted by Gasteiger charge is 2.11. The van der Waals surface area contributed by atoms with Crippen LogP contribution in [-0.4, -0.2) is 10.2 Å². The lowest BCUT2D eigenvalue weighted by Crippen LogP contribution is -2.00. The Labute approximate surface area is 107 Å². The fourth-order valence-corrected chi connectivity index (χ4v) is 1.87. The highest BCUT2D eigenvalue weighted by Crippen LogP contribution is 2.29. The molecule has 0 aliphatic heterocycles. The summed E-state index contributed by atoms with van der Waals surface area (Å²) in [6, 6.07) is 6.99. The van der Waals surface area contributed by atoms with Gasteiger partial charge in [-0.1, -0.05) is 6.07 Å². The maximum Gasteiger partial charge on any atom is 0.149 e. The number of nitrogens with two attached hydrogens (primary N) is 1. The molecule has 0 radical (unpaired) electrons. The molecule has 2 aromatic carbocycles. The highest BCUT2D eigenvalue weighted by molar-refractivity contribution is 5.90. The first-order chi connectivity index (χ1) is 9.15. The number of nitrogens with one attached hydrogen (secondary N) is 2. The summed E-state index contributed by atoms with van der Waals surface area (Å²) in [5.74, 6) is -1.35. The number of H-pyrrole nitrogens is 1. The average molecular weight is 260 g/mol. The van der Waals surface area contributed by atoms with Crippen molar-refractivity contribution >= 4 is 28.0 Å². The predicted octanol–water partition coefficient (Wildman–Crippen LogP) is 3.17. The van der Waals surface area contributed by atoms with Crippen molar-refractivity contribution in [2.45, 2.75) is 0 Å². The molecule has 3 aromatic rings. The molecule has 0 unspecified atom stereocenters. The maximum absolute atomic E-state index is 13.6. The van der Waals surface area contributed by atoms with E-state index < -0.39 is 11.6 Å². The van der Waals surface area contributed by atoms with E-state index >= 15 is 0 Å². The maximum atomic E-state index is 13.6. The standard InChI is InChI=1S/C13H10F2N4/c14-8-2-1-3-9(15)13(8)18-12-5-11-7(4-10(12)16)6-17-19-11/h1-6,18H,16H2,(H,17,19). The van der Waals surface area contributed by atoms with Crippen molar-refractivity contribution in [2.24, 2.45) is 0 Å². The van der Waals surface area contributed by atoms with Gasteiger partial charge >= 0.3 is 0 Å². The quantitative estimate of drug-likeness (QED) is 0.620. The van der Waals surface area contributed by atoms with Crippen LogP contribution in [0.2, 0.25) is 0 Å². The lowest BCUT2D eigenvalue weighted by atomic mass is 10.2. The molecule has 6 heteroatoms. The lowest BCUT2D eigenvalue weighted by Gasteiger charge is -2.11. The zero-order chi connectivity index (χ0) is 13.4. The number of benzene rings is 2. The van der Waals surface area contributed by atoms with E-state index in [0.717, 1.165) is 10.9 Å². The summed E-state index contributed by atoms with van der Waals surface area (Å²) in [5, 5.41) is 10.1. The summed E-state index contributed by atoms with van der Waals surface area (Å²) in [6.07, 6.45) is 1.62. The fourth-order valence-electron chi connectivity index (χ4n) is 1.87. The van der Waals surface area contributed by atoms with Gasteiger partial charge in [0.2, 0.25) is 0 Å². The van der Waals surface area contributed by atoms with Crippen LogP contribution in [0.15, 0.2) is 36.5 Å². The summed E-state index contributed by atoms with van der Waals surface area (Å²) in [6.45, 7) is 0. The number of halogens is 2. The monoisotopic (exact) mass is 260 g/mol. The molecule has 19 heavy (non-hydrogen) atoms. The van der Waals surface area contributed by atoms with Gasteiger partial charge in [0.05, 0.1) is 23.1 Å². The van der Waals surface area contributed by atoms with Crippen molar-refractivity contribution in [3.63, 3.8) is 0 Å². The molecule has 0 amide bonds. The molecular weight excluding hydrogens is 250 g/mol. The molecule has 0 bridgehead atoms. The van der Waals surface area contributed by atoms with Gasteiger partial charge in [0.25, 0.3) is 0 Å². The first kappa shape index (κ1) is 11.5. The van der Waals surface area contributed by atoms with Crippen LogP contribution in [0.4, 0.5) is 25.8 Å². The Hall–Kier alpha value is -2.63. The topological polar surface area (TPSA) is 66.7 Å². The number of rotatable bonds is 2. The minimum absolute atomic E-state index is 0.229. The van der Waals surface area contributed by atoms with Crippen molar-refractivity contribution in [3.8, 4) is 0 Å². The SMILES string of the molecule is Nc1cc2cn[nH]c2cc1Nc1c(F)cccc1F. The molecule has 1 heterocycles. The van der Waals surface area contributed by atoms with Gasteiger partial charge in [0.1, 0.15) is 17.3 Å². The Kier molecular flexibility index (Phi) is 2.56. The van der Waals surface area contributed by atoms with E-state index in [1.807, 2.05) is 0 Å². The van der Waals surface area contributed by atoms with Crippen LogP contribution in [0, 0.1) is 11.6 Å². The van der Waals surface area contributed by atoms with Crippen molar-refractivity contribution in [2.75, 3.05) is 11.1 Å². The van der Waals surface area contributed by atoms with E-state index in [-0.39, 0.29) is 5.69 Å². The van der Waals surface area contributed by atoms with Gasteiger partial charge in [-0.25, -0.2) is 8.78 Å². The van der Waals surface area contributed by atoms with Crippen LogP contribution >= 0.6 is 0 Å². The Balaban J connectivity index is 2.07. The minimum atomic E-state index is -0.677. The molecule has 4 nitrogen and oxygen atoms in total. The zero-order valence-corrected chi connectivity index (χ0v) is 9.74. The smallest absolute Gasteiger partial charge is 0.149 e. The number of hydrogen-bond donors (Lipinski definition) is 3. The van der Waals surface area contributed by atoms with Crippen molar-refractivity contribution < 1.29 is 8.78 Å². The molecule has 0 atom stereocenters. The minimum Gasteiger partial charge on any atom is -0.397 e. The number of aromatic nitrogens is 2. The second-order valence-electron chi connectivity index (χ2n) is 4.12. The number of nitrogens with zero attached hydrogens (tertiary/aromatic N) is 1. The molecule has 0 saturated heterocycles. The normalized spacial score (nSPS) is 10.8. The second kappa shape index (κ2) is 4.24. The number of nitrogen functional groups attached to an aromatic ring is 1. The third-order valence-corrected chi connectivity index (χ3v) is 2.83. The van der Waals surface area contributed by atoms with E-state index in [1.54, 1.807) is 18.3 Å². The van der Waals surface area contributed by atoms with Gasteiger partial charge in [-0.05, 0) is 24.3 Å². The highest BCUT2D eigenvalue weighted by atomic mass is 19.1. The average Bonchev–Trinajstić information content (AvgIpc) is 2.81. The lowest BCUT2D eigenvalue weighted by molar-refractivity contribution is 0.591. The second-order valence-corrected chi connectivity index (χ2v) is 4.12. The van der Waals surface area contributed by atoms with Crippen molar-refractivity contribution in [3.05, 3.63) is 48.2 Å². The van der Waals surface area contributed by atoms with Gasteiger partial charge in [-0.3, -0.25) is 5.10 Å². The van der Waals surface area contributed by atoms with Crippen LogP contribution in [0.25, 0.3) is 10.9 Å². The van der Waals surface area contributed by atoms with E-state index in [9.17, 15) is 8.78 Å². The van der Waals surface area contributed by atoms with Gasteiger partial charge in [0.15, 0.2) is 0 Å². The van der Waals surface area contributed by atoms with Gasteiger partial charge < -0.3 is 11.1 Å². The van der Waals surface area contributed by atoms with Crippen LogP contribution in [0.5, 0.6) is 0 Å².